The predicted octanol–water partition coefficient (Wildman–Crippen LogP) is 3.18. The third kappa shape index (κ3) is 3.41. The number of carbonyl (C=O) groups is 1. The number of primary amides is 1. The van der Waals surface area contributed by atoms with Crippen LogP contribution in [-0.4, -0.2) is 12.5 Å². The van der Waals surface area contributed by atoms with Crippen molar-refractivity contribution < 1.29 is 9.53 Å². The van der Waals surface area contributed by atoms with E-state index in [9.17, 15) is 4.79 Å². The first kappa shape index (κ1) is 14.6. The van der Waals surface area contributed by atoms with Crippen LogP contribution in [0, 0.1) is 5.92 Å². The molecule has 1 aromatic rings. The molecule has 1 aliphatic rings. The van der Waals surface area contributed by atoms with Crippen molar-refractivity contribution in [2.45, 2.75) is 38.0 Å². The van der Waals surface area contributed by atoms with Crippen LogP contribution in [0.25, 0.3) is 0 Å². The molecule has 2 rings (SSSR count). The number of nitrogens with two attached hydrogens (primary N) is 1. The molecule has 0 radical (unpaired) electrons. The number of amides is 1. The first-order chi connectivity index (χ1) is 9.56. The first-order valence-electron chi connectivity index (χ1n) is 7.19. The molecule has 1 aromatic carbocycles. The van der Waals surface area contributed by atoms with Gasteiger partial charge in [0.25, 0.3) is 0 Å². The Balaban J connectivity index is 2.19. The summed E-state index contributed by atoms with van der Waals surface area (Å²) in [6.07, 6.45) is 5.43. The topological polar surface area (TPSA) is 52.3 Å². The summed E-state index contributed by atoms with van der Waals surface area (Å²) in [6.45, 7) is 6.40. The lowest BCUT2D eigenvalue weighted by Crippen LogP contribution is -2.27. The minimum absolute atomic E-state index is 0.0164. The Labute approximate surface area is 120 Å². The number of benzene rings is 1. The lowest BCUT2D eigenvalue weighted by molar-refractivity contribution is -0.118. The zero-order valence-corrected chi connectivity index (χ0v) is 12.1. The summed E-state index contributed by atoms with van der Waals surface area (Å²) in [5.41, 5.74) is 6.57. The lowest BCUT2D eigenvalue weighted by Gasteiger charge is -2.30. The molecule has 0 aliphatic heterocycles. The molecule has 3 nitrogen and oxygen atoms in total. The number of hydrogen-bond acceptors (Lipinski definition) is 2. The Morgan fingerprint density at radius 2 is 2.30 bits per heavy atom. The van der Waals surface area contributed by atoms with Crippen LogP contribution in [-0.2, 0) is 10.2 Å². The smallest absolute Gasteiger partial charge is 0.217 e. The van der Waals surface area contributed by atoms with Crippen molar-refractivity contribution in [2.24, 2.45) is 11.7 Å². The van der Waals surface area contributed by atoms with Gasteiger partial charge in [0.1, 0.15) is 12.4 Å². The molecule has 0 heterocycles. The molecule has 1 aliphatic carbocycles. The van der Waals surface area contributed by atoms with Crippen molar-refractivity contribution in [3.05, 3.63) is 42.5 Å². The van der Waals surface area contributed by atoms with E-state index in [0.717, 1.165) is 12.2 Å². The Morgan fingerprint density at radius 1 is 1.55 bits per heavy atom. The highest BCUT2D eigenvalue weighted by atomic mass is 16.5. The van der Waals surface area contributed by atoms with E-state index in [1.54, 1.807) is 6.08 Å². The molecule has 0 bridgehead atoms. The predicted molar refractivity (Wildman–Crippen MR) is 80.6 cm³/mol. The van der Waals surface area contributed by atoms with Gasteiger partial charge in [-0.1, -0.05) is 31.7 Å². The van der Waals surface area contributed by atoms with Crippen LogP contribution in [0.3, 0.4) is 0 Å². The quantitative estimate of drug-likeness (QED) is 0.740. The Hall–Kier alpha value is -1.77. The molecule has 0 saturated heterocycles. The van der Waals surface area contributed by atoms with E-state index >= 15 is 0 Å². The minimum Gasteiger partial charge on any atom is -0.490 e. The third-order valence-corrected chi connectivity index (χ3v) is 4.23. The molecule has 0 spiro atoms. The summed E-state index contributed by atoms with van der Waals surface area (Å²) >= 11 is 0. The van der Waals surface area contributed by atoms with Gasteiger partial charge in [-0.05, 0) is 48.3 Å². The zero-order chi connectivity index (χ0) is 14.6. The van der Waals surface area contributed by atoms with Gasteiger partial charge in [0.2, 0.25) is 5.91 Å². The van der Waals surface area contributed by atoms with Gasteiger partial charge in [0, 0.05) is 6.42 Å². The highest BCUT2D eigenvalue weighted by Crippen LogP contribution is 2.50. The van der Waals surface area contributed by atoms with Gasteiger partial charge >= 0.3 is 0 Å². The van der Waals surface area contributed by atoms with Gasteiger partial charge in [-0.15, -0.1) is 0 Å². The van der Waals surface area contributed by atoms with Gasteiger partial charge in [-0.3, -0.25) is 4.79 Å². The standard InChI is InChI=1S/C17H23NO2/c1-3-11-20-15-6-4-5-14(12-15)17(2,13-7-8-13)10-9-16(18)19/h3-6,12-13H,1,7-11H2,2H3,(H2,18,19). The van der Waals surface area contributed by atoms with E-state index < -0.39 is 0 Å². The van der Waals surface area contributed by atoms with Crippen molar-refractivity contribution in [3.8, 4) is 5.75 Å². The molecule has 1 atom stereocenters. The fourth-order valence-electron chi connectivity index (χ4n) is 2.78. The van der Waals surface area contributed by atoms with Crippen LogP contribution in [0.2, 0.25) is 0 Å². The Kier molecular flexibility index (Phi) is 4.48. The van der Waals surface area contributed by atoms with Gasteiger partial charge in [0.05, 0.1) is 0 Å². The molecule has 1 saturated carbocycles. The summed E-state index contributed by atoms with van der Waals surface area (Å²) in [6, 6.07) is 8.18. The molecule has 3 heteroatoms. The fourth-order valence-corrected chi connectivity index (χ4v) is 2.78. The molecule has 2 N–H and O–H groups in total. The van der Waals surface area contributed by atoms with E-state index in [-0.39, 0.29) is 11.3 Å². The summed E-state index contributed by atoms with van der Waals surface area (Å²) < 4.78 is 5.61. The van der Waals surface area contributed by atoms with Gasteiger partial charge < -0.3 is 10.5 Å². The van der Waals surface area contributed by atoms with Crippen LogP contribution in [0.4, 0.5) is 0 Å². The molecule has 1 fully saturated rings. The number of ether oxygens (including phenoxy) is 1. The zero-order valence-electron chi connectivity index (χ0n) is 12.1. The van der Waals surface area contributed by atoms with Crippen molar-refractivity contribution in [1.82, 2.24) is 0 Å². The van der Waals surface area contributed by atoms with Crippen molar-refractivity contribution in [2.75, 3.05) is 6.61 Å². The third-order valence-electron chi connectivity index (χ3n) is 4.23. The Bertz CT molecular complexity index is 494. The van der Waals surface area contributed by atoms with Crippen LogP contribution in [0.15, 0.2) is 36.9 Å². The van der Waals surface area contributed by atoms with Crippen molar-refractivity contribution in [3.63, 3.8) is 0 Å². The molecular formula is C17H23NO2. The lowest BCUT2D eigenvalue weighted by atomic mass is 9.74. The largest absolute Gasteiger partial charge is 0.490 e. The van der Waals surface area contributed by atoms with Gasteiger partial charge in [-0.25, -0.2) is 0 Å². The first-order valence-corrected chi connectivity index (χ1v) is 7.19. The van der Waals surface area contributed by atoms with Crippen molar-refractivity contribution >= 4 is 5.91 Å². The second kappa shape index (κ2) is 6.12. The molecular weight excluding hydrogens is 250 g/mol. The van der Waals surface area contributed by atoms with E-state index in [1.807, 2.05) is 12.1 Å². The maximum Gasteiger partial charge on any atom is 0.217 e. The maximum atomic E-state index is 11.1. The highest BCUT2D eigenvalue weighted by Gasteiger charge is 2.42. The second-order valence-corrected chi connectivity index (χ2v) is 5.79. The van der Waals surface area contributed by atoms with E-state index in [4.69, 9.17) is 10.5 Å². The molecule has 1 unspecified atom stereocenters. The van der Waals surface area contributed by atoms with Crippen LogP contribution in [0.5, 0.6) is 5.75 Å². The monoisotopic (exact) mass is 273 g/mol. The van der Waals surface area contributed by atoms with Crippen LogP contribution < -0.4 is 10.5 Å². The summed E-state index contributed by atoms with van der Waals surface area (Å²) in [5, 5.41) is 0. The maximum absolute atomic E-state index is 11.1. The second-order valence-electron chi connectivity index (χ2n) is 5.79. The van der Waals surface area contributed by atoms with Crippen molar-refractivity contribution in [1.29, 1.82) is 0 Å². The molecule has 0 aromatic heterocycles. The summed E-state index contributed by atoms with van der Waals surface area (Å²) in [7, 11) is 0. The van der Waals surface area contributed by atoms with E-state index in [2.05, 4.69) is 25.6 Å². The average molecular weight is 273 g/mol. The number of hydrogen-bond donors (Lipinski definition) is 1. The van der Waals surface area contributed by atoms with Crippen LogP contribution >= 0.6 is 0 Å². The molecule has 1 amide bonds. The highest BCUT2D eigenvalue weighted by molar-refractivity contribution is 5.73. The minimum atomic E-state index is -0.226. The SMILES string of the molecule is C=CCOc1cccc(C(C)(CCC(N)=O)C2CC2)c1. The fraction of sp³-hybridized carbons (Fsp3) is 0.471. The van der Waals surface area contributed by atoms with E-state index in [0.29, 0.717) is 18.9 Å². The summed E-state index contributed by atoms with van der Waals surface area (Å²) in [5.74, 6) is 1.28. The molecule has 108 valence electrons. The summed E-state index contributed by atoms with van der Waals surface area (Å²) in [4.78, 5) is 11.1. The van der Waals surface area contributed by atoms with Gasteiger partial charge in [0.15, 0.2) is 0 Å². The Morgan fingerprint density at radius 3 is 2.90 bits per heavy atom. The van der Waals surface area contributed by atoms with Gasteiger partial charge in [-0.2, -0.15) is 0 Å². The number of rotatable bonds is 8. The van der Waals surface area contributed by atoms with Crippen LogP contribution in [0.1, 0.15) is 38.2 Å². The molecule has 20 heavy (non-hydrogen) atoms. The average Bonchev–Trinajstić information content (AvgIpc) is 3.27. The van der Waals surface area contributed by atoms with E-state index in [1.165, 1.54) is 18.4 Å². The number of carbonyl (C=O) groups excluding carboxylic acids is 1. The normalized spacial score (nSPS) is 17.2.